The predicted molar refractivity (Wildman–Crippen MR) is 228 cm³/mol. The highest BCUT2D eigenvalue weighted by atomic mass is 16.3. The molecular weight excluding hydrogens is 655 g/mol. The number of hydrogen-bond donors (Lipinski definition) is 0. The van der Waals surface area contributed by atoms with Gasteiger partial charge in [-0.15, -0.1) is 0 Å². The van der Waals surface area contributed by atoms with E-state index in [4.69, 9.17) is 4.42 Å². The van der Waals surface area contributed by atoms with Crippen molar-refractivity contribution < 1.29 is 4.42 Å². The Kier molecular flexibility index (Phi) is 7.85. The second kappa shape index (κ2) is 13.4. The number of rotatable bonds is 7. The summed E-state index contributed by atoms with van der Waals surface area (Å²) in [6, 6.07) is 76.0. The monoisotopic (exact) mass is 689 g/mol. The number of furan rings is 1. The molecule has 0 saturated carbocycles. The molecule has 9 aromatic carbocycles. The van der Waals surface area contributed by atoms with Crippen molar-refractivity contribution in [1.29, 1.82) is 0 Å². The van der Waals surface area contributed by atoms with Gasteiger partial charge in [-0.25, -0.2) is 0 Å². The maximum absolute atomic E-state index is 6.31. The molecule has 1 heterocycles. The van der Waals surface area contributed by atoms with Crippen LogP contribution in [0.4, 0.5) is 17.1 Å². The topological polar surface area (TPSA) is 16.4 Å². The van der Waals surface area contributed by atoms with Crippen LogP contribution >= 0.6 is 0 Å². The van der Waals surface area contributed by atoms with Gasteiger partial charge in [-0.05, 0) is 110 Å². The normalized spacial score (nSPS) is 11.3. The Morgan fingerprint density at radius 2 is 0.852 bits per heavy atom. The zero-order chi connectivity index (χ0) is 35.8. The molecule has 0 saturated heterocycles. The average Bonchev–Trinajstić information content (AvgIpc) is 3.64. The van der Waals surface area contributed by atoms with Gasteiger partial charge in [0.05, 0.1) is 0 Å². The largest absolute Gasteiger partial charge is 0.456 e. The van der Waals surface area contributed by atoms with Gasteiger partial charge in [-0.2, -0.15) is 0 Å². The zero-order valence-electron chi connectivity index (χ0n) is 29.6. The minimum atomic E-state index is 0.892. The van der Waals surface area contributed by atoms with Gasteiger partial charge in [-0.1, -0.05) is 158 Å². The molecule has 0 amide bonds. The Labute approximate surface area is 314 Å². The van der Waals surface area contributed by atoms with Gasteiger partial charge in [0.25, 0.3) is 0 Å². The summed E-state index contributed by atoms with van der Waals surface area (Å²) >= 11 is 0. The van der Waals surface area contributed by atoms with E-state index in [1.165, 1.54) is 33.0 Å². The average molecular weight is 690 g/mol. The Bertz CT molecular complexity index is 2860. The van der Waals surface area contributed by atoms with Gasteiger partial charge in [0, 0.05) is 27.8 Å². The first kappa shape index (κ1) is 31.6. The van der Waals surface area contributed by atoms with E-state index in [-0.39, 0.29) is 0 Å². The van der Waals surface area contributed by atoms with Gasteiger partial charge in [-0.3, -0.25) is 0 Å². The summed E-state index contributed by atoms with van der Waals surface area (Å²) in [4.78, 5) is 2.39. The van der Waals surface area contributed by atoms with Crippen LogP contribution in [0.5, 0.6) is 0 Å². The van der Waals surface area contributed by atoms with E-state index in [2.05, 4.69) is 205 Å². The van der Waals surface area contributed by atoms with Gasteiger partial charge >= 0.3 is 0 Å². The predicted octanol–water partition coefficient (Wildman–Crippen LogP) is 14.9. The summed E-state index contributed by atoms with van der Waals surface area (Å²) in [5.41, 5.74) is 14.4. The second-order valence-corrected chi connectivity index (χ2v) is 13.7. The van der Waals surface area contributed by atoms with E-state index in [9.17, 15) is 0 Å². The molecular formula is C52H35NO. The van der Waals surface area contributed by atoms with Crippen LogP contribution in [0.2, 0.25) is 0 Å². The molecule has 0 radical (unpaired) electrons. The van der Waals surface area contributed by atoms with Crippen LogP contribution < -0.4 is 4.90 Å². The highest BCUT2D eigenvalue weighted by Crippen LogP contribution is 2.43. The van der Waals surface area contributed by atoms with Crippen molar-refractivity contribution in [1.82, 2.24) is 0 Å². The maximum Gasteiger partial charge on any atom is 0.136 e. The van der Waals surface area contributed by atoms with Crippen molar-refractivity contribution in [3.63, 3.8) is 0 Å². The number of benzene rings is 9. The SMILES string of the molecule is c1ccc(-c2cc(-c3ccccc3)cc(N(c3ccc(-c4cccc5ccccc45)cc3)c3cccc(-c4cccc5oc6ccccc6c45)c3)c2)cc1. The van der Waals surface area contributed by atoms with E-state index in [1.807, 2.05) is 12.1 Å². The van der Waals surface area contributed by atoms with Crippen molar-refractivity contribution in [2.24, 2.45) is 0 Å². The fraction of sp³-hybridized carbons (Fsp3) is 0. The molecule has 0 atom stereocenters. The number of nitrogens with zero attached hydrogens (tertiary/aromatic N) is 1. The maximum atomic E-state index is 6.31. The summed E-state index contributed by atoms with van der Waals surface area (Å²) in [5, 5.41) is 4.75. The van der Waals surface area contributed by atoms with Gasteiger partial charge in [0.15, 0.2) is 0 Å². The third kappa shape index (κ3) is 5.71. The third-order valence-electron chi connectivity index (χ3n) is 10.4. The van der Waals surface area contributed by atoms with Crippen molar-refractivity contribution in [2.75, 3.05) is 4.90 Å². The standard InChI is InChI=1S/C52H35NO/c1-3-14-36(15-4-1)41-32-42(37-16-5-2-6-17-37)35-45(34-41)53(43-30-28-39(29-31-43)47-24-12-19-38-18-7-8-22-46(38)47)44-21-11-20-40(33-44)48-25-13-27-51-52(48)49-23-9-10-26-50(49)54-51/h1-35H. The quantitative estimate of drug-likeness (QED) is 0.166. The Morgan fingerprint density at radius 3 is 1.61 bits per heavy atom. The molecule has 0 aliphatic carbocycles. The molecule has 0 spiro atoms. The van der Waals surface area contributed by atoms with Gasteiger partial charge < -0.3 is 9.32 Å². The van der Waals surface area contributed by atoms with Crippen molar-refractivity contribution in [3.05, 3.63) is 212 Å². The second-order valence-electron chi connectivity index (χ2n) is 13.7. The Hall–Kier alpha value is -7.16. The fourth-order valence-corrected chi connectivity index (χ4v) is 7.88. The zero-order valence-corrected chi connectivity index (χ0v) is 29.6. The highest BCUT2D eigenvalue weighted by molar-refractivity contribution is 6.12. The molecule has 0 aliphatic rings. The van der Waals surface area contributed by atoms with Crippen molar-refractivity contribution >= 4 is 49.8 Å². The van der Waals surface area contributed by atoms with E-state index in [1.54, 1.807) is 0 Å². The molecule has 0 N–H and O–H groups in total. The van der Waals surface area contributed by atoms with Crippen LogP contribution in [0, 0.1) is 0 Å². The van der Waals surface area contributed by atoms with E-state index >= 15 is 0 Å². The lowest BCUT2D eigenvalue weighted by molar-refractivity contribution is 0.669. The molecule has 54 heavy (non-hydrogen) atoms. The number of anilines is 3. The molecule has 0 unspecified atom stereocenters. The summed E-state index contributed by atoms with van der Waals surface area (Å²) in [5.74, 6) is 0. The molecule has 10 rings (SSSR count). The Balaban J connectivity index is 1.18. The van der Waals surface area contributed by atoms with Crippen molar-refractivity contribution in [3.8, 4) is 44.5 Å². The van der Waals surface area contributed by atoms with Gasteiger partial charge in [0.1, 0.15) is 11.2 Å². The lowest BCUT2D eigenvalue weighted by Crippen LogP contribution is -2.10. The molecule has 2 nitrogen and oxygen atoms in total. The lowest BCUT2D eigenvalue weighted by Gasteiger charge is -2.27. The lowest BCUT2D eigenvalue weighted by atomic mass is 9.96. The minimum absolute atomic E-state index is 0.892. The molecule has 0 fully saturated rings. The third-order valence-corrected chi connectivity index (χ3v) is 10.4. The highest BCUT2D eigenvalue weighted by Gasteiger charge is 2.19. The molecule has 1 aromatic heterocycles. The van der Waals surface area contributed by atoms with Crippen LogP contribution in [0.3, 0.4) is 0 Å². The van der Waals surface area contributed by atoms with Crippen LogP contribution in [-0.2, 0) is 0 Å². The van der Waals surface area contributed by atoms with Crippen LogP contribution in [0.1, 0.15) is 0 Å². The van der Waals surface area contributed by atoms with Crippen LogP contribution in [-0.4, -0.2) is 0 Å². The summed E-state index contributed by atoms with van der Waals surface area (Å²) in [7, 11) is 0. The van der Waals surface area contributed by atoms with Crippen molar-refractivity contribution in [2.45, 2.75) is 0 Å². The smallest absolute Gasteiger partial charge is 0.136 e. The fourth-order valence-electron chi connectivity index (χ4n) is 7.88. The Morgan fingerprint density at radius 1 is 0.296 bits per heavy atom. The minimum Gasteiger partial charge on any atom is -0.456 e. The first-order chi connectivity index (χ1) is 26.8. The molecule has 0 aliphatic heterocycles. The first-order valence-electron chi connectivity index (χ1n) is 18.4. The molecule has 2 heteroatoms. The van der Waals surface area contributed by atoms with Crippen LogP contribution in [0.25, 0.3) is 77.2 Å². The van der Waals surface area contributed by atoms with E-state index in [0.717, 1.165) is 61.3 Å². The molecule has 0 bridgehead atoms. The van der Waals surface area contributed by atoms with E-state index < -0.39 is 0 Å². The van der Waals surface area contributed by atoms with Crippen LogP contribution in [0.15, 0.2) is 217 Å². The van der Waals surface area contributed by atoms with Gasteiger partial charge in [0.2, 0.25) is 0 Å². The summed E-state index contributed by atoms with van der Waals surface area (Å²) in [6.07, 6.45) is 0. The number of para-hydroxylation sites is 1. The molecule has 10 aromatic rings. The van der Waals surface area contributed by atoms with E-state index in [0.29, 0.717) is 0 Å². The molecule has 254 valence electrons. The summed E-state index contributed by atoms with van der Waals surface area (Å²) < 4.78 is 6.31. The number of fused-ring (bicyclic) bond motifs is 4. The first-order valence-corrected chi connectivity index (χ1v) is 18.4. The summed E-state index contributed by atoms with van der Waals surface area (Å²) in [6.45, 7) is 0. The number of hydrogen-bond acceptors (Lipinski definition) is 2.